The van der Waals surface area contributed by atoms with Crippen molar-refractivity contribution in [2.75, 3.05) is 21.3 Å². The predicted molar refractivity (Wildman–Crippen MR) is 121 cm³/mol. The molecule has 0 saturated carbocycles. The van der Waals surface area contributed by atoms with E-state index in [0.717, 1.165) is 0 Å². The first-order chi connectivity index (χ1) is 14.9. The Morgan fingerprint density at radius 1 is 0.839 bits per heavy atom. The van der Waals surface area contributed by atoms with E-state index in [1.807, 2.05) is 24.3 Å². The molecule has 1 atom stereocenters. The minimum atomic E-state index is -1.57. The van der Waals surface area contributed by atoms with Gasteiger partial charge in [0, 0.05) is 22.9 Å². The first-order valence-corrected chi connectivity index (χ1v) is 9.85. The minimum Gasteiger partial charge on any atom is -0.507 e. The molecule has 0 aromatic heterocycles. The minimum absolute atomic E-state index is 0.0647. The normalized spacial score (nSPS) is 12.5. The number of nitrogens with zero attached hydrogens (tertiary/aromatic N) is 1. The highest BCUT2D eigenvalue weighted by molar-refractivity contribution is 5.84. The molecule has 162 valence electrons. The molecule has 31 heavy (non-hydrogen) atoms. The molecular weight excluding hydrogens is 394 g/mol. The summed E-state index contributed by atoms with van der Waals surface area (Å²) in [7, 11) is 4.67. The van der Waals surface area contributed by atoms with Crippen molar-refractivity contribution in [3.05, 3.63) is 83.4 Å². The second kappa shape index (κ2) is 9.53. The van der Waals surface area contributed by atoms with Crippen molar-refractivity contribution in [2.45, 2.75) is 18.6 Å². The molecule has 0 saturated heterocycles. The summed E-state index contributed by atoms with van der Waals surface area (Å²) in [6.07, 6.45) is 1.53. The van der Waals surface area contributed by atoms with E-state index in [0.29, 0.717) is 33.9 Å². The molecule has 0 spiro atoms. The van der Waals surface area contributed by atoms with Gasteiger partial charge < -0.3 is 24.4 Å². The lowest BCUT2D eigenvalue weighted by Crippen LogP contribution is -2.38. The zero-order chi connectivity index (χ0) is 22.4. The van der Waals surface area contributed by atoms with Crippen LogP contribution in [0.5, 0.6) is 23.0 Å². The number of aliphatic hydroxyl groups is 1. The van der Waals surface area contributed by atoms with Crippen LogP contribution in [0.1, 0.15) is 23.6 Å². The van der Waals surface area contributed by atoms with E-state index in [1.54, 1.807) is 64.7 Å². The lowest BCUT2D eigenvalue weighted by atomic mass is 9.80. The summed E-state index contributed by atoms with van der Waals surface area (Å²) in [5.41, 5.74) is 0.0288. The third-order valence-electron chi connectivity index (χ3n) is 5.31. The molecule has 0 bridgehead atoms. The zero-order valence-corrected chi connectivity index (χ0v) is 18.1. The Balaban J connectivity index is 2.15. The average Bonchev–Trinajstić information content (AvgIpc) is 2.82. The SMILES string of the molecule is COc1ccc(O)c(C=N[C@H](C)C(O)(c2ccccc2OC)c2ccccc2OC)c1. The van der Waals surface area contributed by atoms with Gasteiger partial charge in [-0.25, -0.2) is 0 Å². The van der Waals surface area contributed by atoms with Gasteiger partial charge >= 0.3 is 0 Å². The molecule has 0 radical (unpaired) electrons. The first-order valence-electron chi connectivity index (χ1n) is 9.85. The van der Waals surface area contributed by atoms with Gasteiger partial charge in [-0.2, -0.15) is 0 Å². The molecule has 6 heteroatoms. The molecule has 3 rings (SSSR count). The van der Waals surface area contributed by atoms with E-state index in [2.05, 4.69) is 4.99 Å². The second-order valence-corrected chi connectivity index (χ2v) is 7.05. The van der Waals surface area contributed by atoms with Crippen molar-refractivity contribution in [1.29, 1.82) is 0 Å². The van der Waals surface area contributed by atoms with Gasteiger partial charge in [-0.1, -0.05) is 36.4 Å². The number of phenolic OH excluding ortho intramolecular Hbond substituents is 1. The van der Waals surface area contributed by atoms with Crippen LogP contribution in [0.3, 0.4) is 0 Å². The molecule has 3 aromatic carbocycles. The Hall–Kier alpha value is -3.51. The van der Waals surface area contributed by atoms with Gasteiger partial charge in [0.15, 0.2) is 0 Å². The molecule has 0 amide bonds. The molecule has 0 aliphatic carbocycles. The van der Waals surface area contributed by atoms with Crippen LogP contribution in [0.4, 0.5) is 0 Å². The number of benzene rings is 3. The zero-order valence-electron chi connectivity index (χ0n) is 18.1. The molecular formula is C25H27NO5. The number of aliphatic imine (C=N–C) groups is 1. The number of hydrogen-bond donors (Lipinski definition) is 2. The van der Waals surface area contributed by atoms with Crippen LogP contribution in [0.25, 0.3) is 0 Å². The number of aromatic hydroxyl groups is 1. The van der Waals surface area contributed by atoms with E-state index in [4.69, 9.17) is 14.2 Å². The van der Waals surface area contributed by atoms with Gasteiger partial charge in [0.05, 0.1) is 27.4 Å². The van der Waals surface area contributed by atoms with Gasteiger partial charge in [0.25, 0.3) is 0 Å². The van der Waals surface area contributed by atoms with Crippen LogP contribution in [0.15, 0.2) is 71.7 Å². The summed E-state index contributed by atoms with van der Waals surface area (Å²) in [6, 6.07) is 18.8. The average molecular weight is 421 g/mol. The Morgan fingerprint density at radius 3 is 1.90 bits per heavy atom. The Bertz CT molecular complexity index is 1020. The van der Waals surface area contributed by atoms with E-state index in [9.17, 15) is 10.2 Å². The van der Waals surface area contributed by atoms with Crippen molar-refractivity contribution in [2.24, 2.45) is 4.99 Å². The monoisotopic (exact) mass is 421 g/mol. The van der Waals surface area contributed by atoms with Crippen molar-refractivity contribution < 1.29 is 24.4 Å². The Labute approximate surface area is 182 Å². The fraction of sp³-hybridized carbons (Fsp3) is 0.240. The first kappa shape index (κ1) is 22.2. The summed E-state index contributed by atoms with van der Waals surface area (Å²) in [4.78, 5) is 4.60. The van der Waals surface area contributed by atoms with E-state index in [-0.39, 0.29) is 5.75 Å². The van der Waals surface area contributed by atoms with Gasteiger partial charge in [-0.3, -0.25) is 4.99 Å². The summed E-state index contributed by atoms with van der Waals surface area (Å²) >= 11 is 0. The summed E-state index contributed by atoms with van der Waals surface area (Å²) in [5.74, 6) is 1.72. The third-order valence-corrected chi connectivity index (χ3v) is 5.31. The molecule has 3 aromatic rings. The van der Waals surface area contributed by atoms with Gasteiger partial charge in [0.2, 0.25) is 0 Å². The summed E-state index contributed by atoms with van der Waals surface area (Å²) in [6.45, 7) is 1.80. The van der Waals surface area contributed by atoms with Crippen LogP contribution in [-0.2, 0) is 5.60 Å². The second-order valence-electron chi connectivity index (χ2n) is 7.05. The van der Waals surface area contributed by atoms with E-state index < -0.39 is 11.6 Å². The van der Waals surface area contributed by atoms with Gasteiger partial charge in [-0.15, -0.1) is 0 Å². The lowest BCUT2D eigenvalue weighted by Gasteiger charge is -2.35. The molecule has 0 fully saturated rings. The number of hydrogen-bond acceptors (Lipinski definition) is 6. The maximum Gasteiger partial charge on any atom is 0.144 e. The number of methoxy groups -OCH3 is 3. The predicted octanol–water partition coefficient (Wildman–Crippen LogP) is 4.16. The quantitative estimate of drug-likeness (QED) is 0.534. The molecule has 6 nitrogen and oxygen atoms in total. The summed E-state index contributed by atoms with van der Waals surface area (Å²) < 4.78 is 16.3. The fourth-order valence-corrected chi connectivity index (χ4v) is 3.58. The Morgan fingerprint density at radius 2 is 1.39 bits per heavy atom. The van der Waals surface area contributed by atoms with E-state index >= 15 is 0 Å². The standard InChI is InChI=1S/C25H27NO5/c1-17(26-16-18-15-19(29-2)13-14-22(18)27)25(28,20-9-5-7-11-23(20)30-3)21-10-6-8-12-24(21)31-4/h5-17,27-28H,1-4H3/t17-/m1/s1. The molecule has 0 aliphatic heterocycles. The van der Waals surface area contributed by atoms with E-state index in [1.165, 1.54) is 12.3 Å². The number of phenols is 1. The molecule has 0 heterocycles. The van der Waals surface area contributed by atoms with Crippen molar-refractivity contribution >= 4 is 6.21 Å². The van der Waals surface area contributed by atoms with Gasteiger partial charge in [-0.05, 0) is 37.3 Å². The maximum atomic E-state index is 12.1. The molecule has 0 aliphatic rings. The van der Waals surface area contributed by atoms with Crippen LogP contribution in [-0.4, -0.2) is 43.8 Å². The Kier molecular flexibility index (Phi) is 6.82. The van der Waals surface area contributed by atoms with Crippen molar-refractivity contribution in [1.82, 2.24) is 0 Å². The lowest BCUT2D eigenvalue weighted by molar-refractivity contribution is 0.0538. The van der Waals surface area contributed by atoms with Crippen LogP contribution < -0.4 is 14.2 Å². The smallest absolute Gasteiger partial charge is 0.144 e. The highest BCUT2D eigenvalue weighted by Gasteiger charge is 2.42. The van der Waals surface area contributed by atoms with Gasteiger partial charge in [0.1, 0.15) is 28.6 Å². The fourth-order valence-electron chi connectivity index (χ4n) is 3.58. The highest BCUT2D eigenvalue weighted by atomic mass is 16.5. The van der Waals surface area contributed by atoms with Crippen LogP contribution in [0.2, 0.25) is 0 Å². The summed E-state index contributed by atoms with van der Waals surface area (Å²) in [5, 5.41) is 22.3. The maximum absolute atomic E-state index is 12.1. The number of rotatable bonds is 8. The number of ether oxygens (including phenoxy) is 3. The third kappa shape index (κ3) is 4.34. The topological polar surface area (TPSA) is 80.5 Å². The molecule has 2 N–H and O–H groups in total. The molecule has 0 unspecified atom stereocenters. The largest absolute Gasteiger partial charge is 0.507 e. The van der Waals surface area contributed by atoms with Crippen molar-refractivity contribution in [3.8, 4) is 23.0 Å². The number of para-hydroxylation sites is 2. The van der Waals surface area contributed by atoms with Crippen LogP contribution in [0, 0.1) is 0 Å². The van der Waals surface area contributed by atoms with Crippen molar-refractivity contribution in [3.63, 3.8) is 0 Å². The highest BCUT2D eigenvalue weighted by Crippen LogP contribution is 2.43. The van der Waals surface area contributed by atoms with Crippen LogP contribution >= 0.6 is 0 Å².